The first kappa shape index (κ1) is 24.1. The molecule has 38 heavy (non-hydrogen) atoms. The molecule has 0 saturated heterocycles. The number of anilines is 1. The van der Waals surface area contributed by atoms with Gasteiger partial charge in [-0.2, -0.15) is 5.10 Å². The van der Waals surface area contributed by atoms with Crippen LogP contribution in [0, 0.1) is 6.92 Å². The SMILES string of the molecule is COc1ncc(-c2nn([C@@H](C)c3cc4scc(C)n4c(=O)c3-c3cccc(P)c3)c3ncnc(N)c23)cn1. The molecule has 12 heteroatoms. The summed E-state index contributed by atoms with van der Waals surface area (Å²) in [6.07, 6.45) is 4.66. The van der Waals surface area contributed by atoms with Crippen molar-refractivity contribution in [2.24, 2.45) is 0 Å². The summed E-state index contributed by atoms with van der Waals surface area (Å²) in [4.78, 5) is 32.0. The van der Waals surface area contributed by atoms with E-state index < -0.39 is 0 Å². The number of hydrogen-bond acceptors (Lipinski definition) is 9. The summed E-state index contributed by atoms with van der Waals surface area (Å²) < 4.78 is 8.64. The van der Waals surface area contributed by atoms with Gasteiger partial charge in [0.05, 0.1) is 24.1 Å². The number of nitrogens with zero attached hydrogens (tertiary/aromatic N) is 7. The van der Waals surface area contributed by atoms with E-state index in [0.717, 1.165) is 27.0 Å². The molecule has 0 fully saturated rings. The topological polar surface area (TPSA) is 126 Å². The molecular formula is C26H23N8O2PS. The van der Waals surface area contributed by atoms with Crippen LogP contribution in [0.15, 0.2) is 59.2 Å². The van der Waals surface area contributed by atoms with E-state index in [1.807, 2.05) is 43.5 Å². The Balaban J connectivity index is 1.62. The van der Waals surface area contributed by atoms with E-state index in [-0.39, 0.29) is 17.6 Å². The summed E-state index contributed by atoms with van der Waals surface area (Å²) in [7, 11) is 4.20. The molecule has 0 saturated carbocycles. The number of nitrogens with two attached hydrogens (primary N) is 1. The average molecular weight is 543 g/mol. The van der Waals surface area contributed by atoms with Crippen molar-refractivity contribution in [1.82, 2.24) is 34.1 Å². The van der Waals surface area contributed by atoms with Crippen molar-refractivity contribution < 1.29 is 4.74 Å². The van der Waals surface area contributed by atoms with E-state index in [4.69, 9.17) is 15.6 Å². The monoisotopic (exact) mass is 542 g/mol. The van der Waals surface area contributed by atoms with E-state index in [9.17, 15) is 4.79 Å². The van der Waals surface area contributed by atoms with Crippen molar-refractivity contribution in [1.29, 1.82) is 0 Å². The summed E-state index contributed by atoms with van der Waals surface area (Å²) in [6.45, 7) is 3.94. The molecule has 0 amide bonds. The van der Waals surface area contributed by atoms with E-state index in [1.165, 1.54) is 24.8 Å². The molecule has 0 bridgehead atoms. The molecule has 1 aromatic carbocycles. The smallest absolute Gasteiger partial charge is 0.316 e. The molecule has 6 rings (SSSR count). The molecule has 10 nitrogen and oxygen atoms in total. The van der Waals surface area contributed by atoms with Crippen LogP contribution in [0.4, 0.5) is 5.82 Å². The number of ether oxygens (including phenoxy) is 1. The molecule has 6 aromatic rings. The predicted octanol–water partition coefficient (Wildman–Crippen LogP) is 3.63. The molecule has 5 aromatic heterocycles. The van der Waals surface area contributed by atoms with Crippen LogP contribution in [0.25, 0.3) is 38.2 Å². The lowest BCUT2D eigenvalue weighted by Gasteiger charge is -2.18. The number of hydrogen-bond donors (Lipinski definition) is 1. The van der Waals surface area contributed by atoms with E-state index in [0.29, 0.717) is 33.7 Å². The minimum Gasteiger partial charge on any atom is -0.467 e. The summed E-state index contributed by atoms with van der Waals surface area (Å²) in [6, 6.07) is 9.80. The normalized spacial score (nSPS) is 12.3. The molecule has 1 unspecified atom stereocenters. The van der Waals surface area contributed by atoms with Gasteiger partial charge >= 0.3 is 6.01 Å². The minimum absolute atomic E-state index is 0.0759. The number of aromatic nitrogens is 7. The van der Waals surface area contributed by atoms with E-state index >= 15 is 0 Å². The van der Waals surface area contributed by atoms with Gasteiger partial charge in [-0.3, -0.25) is 9.20 Å². The Kier molecular flexibility index (Phi) is 5.89. The maximum Gasteiger partial charge on any atom is 0.316 e. The predicted molar refractivity (Wildman–Crippen MR) is 152 cm³/mol. The lowest BCUT2D eigenvalue weighted by Crippen LogP contribution is -2.21. The van der Waals surface area contributed by atoms with Crippen LogP contribution in [-0.4, -0.2) is 41.2 Å². The number of rotatable bonds is 5. The zero-order valence-corrected chi connectivity index (χ0v) is 22.8. The maximum atomic E-state index is 13.9. The highest BCUT2D eigenvalue weighted by atomic mass is 32.1. The Morgan fingerprint density at radius 1 is 1.11 bits per heavy atom. The number of thiazole rings is 1. The zero-order chi connectivity index (χ0) is 26.6. The van der Waals surface area contributed by atoms with Gasteiger partial charge in [-0.05, 0) is 42.4 Å². The van der Waals surface area contributed by atoms with Crippen LogP contribution in [0.1, 0.15) is 24.2 Å². The molecular weight excluding hydrogens is 519 g/mol. The van der Waals surface area contributed by atoms with Crippen molar-refractivity contribution in [2.45, 2.75) is 19.9 Å². The van der Waals surface area contributed by atoms with Crippen molar-refractivity contribution >= 4 is 47.6 Å². The van der Waals surface area contributed by atoms with Crippen molar-refractivity contribution in [2.75, 3.05) is 12.8 Å². The van der Waals surface area contributed by atoms with Gasteiger partial charge in [-0.1, -0.05) is 18.2 Å². The van der Waals surface area contributed by atoms with Gasteiger partial charge in [-0.25, -0.2) is 24.6 Å². The second kappa shape index (κ2) is 9.27. The van der Waals surface area contributed by atoms with E-state index in [1.54, 1.807) is 21.5 Å². The highest BCUT2D eigenvalue weighted by Crippen LogP contribution is 2.36. The van der Waals surface area contributed by atoms with Crippen LogP contribution in [0.2, 0.25) is 0 Å². The van der Waals surface area contributed by atoms with Crippen molar-refractivity contribution in [3.63, 3.8) is 0 Å². The van der Waals surface area contributed by atoms with Crippen LogP contribution < -0.4 is 21.3 Å². The Labute approximate surface area is 223 Å². The first-order valence-corrected chi connectivity index (χ1v) is 13.2. The standard InChI is InChI=1S/C26H23N8O2PS/c1-13-11-38-19-8-18(20(25(35)33(13)19)15-5-4-6-17(37)7-15)14(2)34-24-21(23(27)30-12-31-24)22(32-34)16-9-28-26(36-3)29-10-16/h4-12,14H,37H2,1-3H3,(H2,27,30,31)/t14-/m0/s1. The van der Waals surface area contributed by atoms with Crippen molar-refractivity contribution in [3.05, 3.63) is 76.0 Å². The van der Waals surface area contributed by atoms with E-state index in [2.05, 4.69) is 35.2 Å². The second-order valence-electron chi connectivity index (χ2n) is 8.84. The number of methoxy groups -OCH3 is 1. The molecule has 2 N–H and O–H groups in total. The first-order valence-electron chi connectivity index (χ1n) is 11.7. The van der Waals surface area contributed by atoms with Gasteiger partial charge < -0.3 is 10.5 Å². The van der Waals surface area contributed by atoms with Crippen LogP contribution in [0.5, 0.6) is 6.01 Å². The Morgan fingerprint density at radius 2 is 1.89 bits per heavy atom. The lowest BCUT2D eigenvalue weighted by atomic mass is 9.97. The van der Waals surface area contributed by atoms with Crippen LogP contribution >= 0.6 is 20.6 Å². The molecule has 0 aliphatic rings. The molecule has 2 atom stereocenters. The number of pyridine rings is 1. The summed E-state index contributed by atoms with van der Waals surface area (Å²) in [5, 5.41) is 8.48. The number of nitrogen functional groups attached to an aromatic ring is 1. The fourth-order valence-electron chi connectivity index (χ4n) is 4.68. The third kappa shape index (κ3) is 3.82. The van der Waals surface area contributed by atoms with Gasteiger partial charge in [0, 0.05) is 29.0 Å². The molecule has 190 valence electrons. The Hall–Kier alpha value is -4.21. The molecule has 0 radical (unpaired) electrons. The maximum absolute atomic E-state index is 13.9. The summed E-state index contributed by atoms with van der Waals surface area (Å²) in [5.74, 6) is 0.291. The number of aryl methyl sites for hydroxylation is 1. The van der Waals surface area contributed by atoms with Gasteiger partial charge in [0.2, 0.25) is 0 Å². The summed E-state index contributed by atoms with van der Waals surface area (Å²) in [5.41, 5.74) is 11.1. The third-order valence-corrected chi connectivity index (χ3v) is 7.86. The second-order valence-corrected chi connectivity index (χ2v) is 10.4. The third-order valence-electron chi connectivity index (χ3n) is 6.50. The Bertz CT molecular complexity index is 1890. The fraction of sp³-hybridized carbons (Fsp3) is 0.154. The Morgan fingerprint density at radius 3 is 2.63 bits per heavy atom. The zero-order valence-electron chi connectivity index (χ0n) is 20.8. The first-order chi connectivity index (χ1) is 18.4. The lowest BCUT2D eigenvalue weighted by molar-refractivity contribution is 0.380. The highest BCUT2D eigenvalue weighted by molar-refractivity contribution is 7.27. The van der Waals surface area contributed by atoms with Crippen molar-refractivity contribution in [3.8, 4) is 28.4 Å². The van der Waals surface area contributed by atoms with Gasteiger partial charge in [0.25, 0.3) is 5.56 Å². The molecule has 0 aliphatic heterocycles. The van der Waals surface area contributed by atoms with Crippen LogP contribution in [-0.2, 0) is 0 Å². The van der Waals surface area contributed by atoms with Crippen LogP contribution in [0.3, 0.4) is 0 Å². The molecule has 0 spiro atoms. The fourth-order valence-corrected chi connectivity index (χ4v) is 5.90. The summed E-state index contributed by atoms with van der Waals surface area (Å²) >= 11 is 1.53. The highest BCUT2D eigenvalue weighted by Gasteiger charge is 2.25. The van der Waals surface area contributed by atoms with Gasteiger partial charge in [0.1, 0.15) is 22.7 Å². The molecule has 0 aliphatic carbocycles. The van der Waals surface area contributed by atoms with Gasteiger partial charge in [-0.15, -0.1) is 20.6 Å². The number of fused-ring (bicyclic) bond motifs is 2. The average Bonchev–Trinajstić information content (AvgIpc) is 3.50. The quantitative estimate of drug-likeness (QED) is 0.327. The number of benzene rings is 1. The minimum atomic E-state index is -0.372. The van der Waals surface area contributed by atoms with Gasteiger partial charge in [0.15, 0.2) is 5.65 Å². The molecule has 5 heterocycles. The largest absolute Gasteiger partial charge is 0.467 e.